The van der Waals surface area contributed by atoms with E-state index < -0.39 is 0 Å². The van der Waals surface area contributed by atoms with Crippen molar-refractivity contribution >= 4 is 11.8 Å². The summed E-state index contributed by atoms with van der Waals surface area (Å²) in [4.78, 5) is 23.2. The number of methoxy groups -OCH3 is 1. The first-order valence-corrected chi connectivity index (χ1v) is 6.66. The molecule has 2 unspecified atom stereocenters. The largest absolute Gasteiger partial charge is 0.383 e. The van der Waals surface area contributed by atoms with Crippen molar-refractivity contribution in [3.63, 3.8) is 0 Å². The Bertz CT molecular complexity index is 282. The van der Waals surface area contributed by atoms with E-state index in [0.717, 1.165) is 0 Å². The molecule has 3 N–H and O–H groups in total. The van der Waals surface area contributed by atoms with E-state index >= 15 is 0 Å². The van der Waals surface area contributed by atoms with E-state index in [9.17, 15) is 9.59 Å². The summed E-state index contributed by atoms with van der Waals surface area (Å²) in [6.07, 6.45) is 0. The lowest BCUT2D eigenvalue weighted by Gasteiger charge is -2.16. The molecule has 0 saturated heterocycles. The van der Waals surface area contributed by atoms with Gasteiger partial charge in [0, 0.05) is 19.7 Å². The minimum absolute atomic E-state index is 0.0376. The molecule has 0 aliphatic carbocycles. The summed E-state index contributed by atoms with van der Waals surface area (Å²) in [5.41, 5.74) is 0. The quantitative estimate of drug-likeness (QED) is 0.547. The Morgan fingerprint density at radius 1 is 1.16 bits per heavy atom. The molecular formula is C13H27N3O3. The van der Waals surface area contributed by atoms with Crippen LogP contribution in [0.1, 0.15) is 27.7 Å². The Balaban J connectivity index is 3.85. The molecule has 0 radical (unpaired) electrons. The van der Waals surface area contributed by atoms with Gasteiger partial charge in [-0.25, -0.2) is 0 Å². The number of hydrogen-bond acceptors (Lipinski definition) is 4. The number of carbonyl (C=O) groups is 2. The molecule has 6 heteroatoms. The molecule has 19 heavy (non-hydrogen) atoms. The van der Waals surface area contributed by atoms with E-state index in [1.165, 1.54) is 0 Å². The van der Waals surface area contributed by atoms with Crippen LogP contribution in [0.25, 0.3) is 0 Å². The zero-order valence-corrected chi connectivity index (χ0v) is 12.6. The number of carbonyl (C=O) groups excluding carboxylic acids is 2. The van der Waals surface area contributed by atoms with Gasteiger partial charge in [0.2, 0.25) is 11.8 Å². The molecule has 2 amide bonds. The van der Waals surface area contributed by atoms with Crippen molar-refractivity contribution in [2.45, 2.75) is 39.8 Å². The first-order chi connectivity index (χ1) is 8.86. The van der Waals surface area contributed by atoms with Crippen LogP contribution in [-0.4, -0.2) is 50.7 Å². The van der Waals surface area contributed by atoms with Gasteiger partial charge < -0.3 is 15.4 Å². The van der Waals surface area contributed by atoms with Crippen LogP contribution in [0.4, 0.5) is 0 Å². The molecule has 0 aliphatic heterocycles. The summed E-state index contributed by atoms with van der Waals surface area (Å²) in [5.74, 6) is 0.175. The summed E-state index contributed by atoms with van der Waals surface area (Å²) >= 11 is 0. The third kappa shape index (κ3) is 9.44. The van der Waals surface area contributed by atoms with Gasteiger partial charge in [-0.2, -0.15) is 0 Å². The fourth-order valence-electron chi connectivity index (χ4n) is 1.41. The highest BCUT2D eigenvalue weighted by atomic mass is 16.5. The Hall–Kier alpha value is -1.14. The van der Waals surface area contributed by atoms with Gasteiger partial charge in [-0.05, 0) is 19.8 Å². The number of hydrogen-bond donors (Lipinski definition) is 3. The first-order valence-electron chi connectivity index (χ1n) is 6.66. The van der Waals surface area contributed by atoms with Crippen LogP contribution in [0.3, 0.4) is 0 Å². The van der Waals surface area contributed by atoms with Crippen molar-refractivity contribution in [3.05, 3.63) is 0 Å². The van der Waals surface area contributed by atoms with Gasteiger partial charge >= 0.3 is 0 Å². The minimum atomic E-state index is -0.387. The number of rotatable bonds is 9. The molecule has 0 rings (SSSR count). The van der Waals surface area contributed by atoms with Gasteiger partial charge in [0.1, 0.15) is 0 Å². The SMILES string of the molecule is COCC(C)NC(=O)CNC(C)C(=O)NCC(C)C. The molecule has 0 fully saturated rings. The zero-order chi connectivity index (χ0) is 14.8. The average molecular weight is 273 g/mol. The number of amides is 2. The normalized spacial score (nSPS) is 14.0. The zero-order valence-electron chi connectivity index (χ0n) is 12.6. The highest BCUT2D eigenvalue weighted by molar-refractivity contribution is 5.83. The Kier molecular flexibility index (Phi) is 9.16. The Labute approximate surface area is 115 Å². The molecule has 0 aromatic heterocycles. The standard InChI is InChI=1S/C13H27N3O3/c1-9(2)6-15-13(18)11(4)14-7-12(17)16-10(3)8-19-5/h9-11,14H,6-8H2,1-5H3,(H,15,18)(H,16,17). The predicted molar refractivity (Wildman–Crippen MR) is 74.8 cm³/mol. The minimum Gasteiger partial charge on any atom is -0.383 e. The van der Waals surface area contributed by atoms with Crippen molar-refractivity contribution in [3.8, 4) is 0 Å². The summed E-state index contributed by atoms with van der Waals surface area (Å²) in [6, 6.07) is -0.424. The second kappa shape index (κ2) is 9.75. The van der Waals surface area contributed by atoms with Crippen LogP contribution < -0.4 is 16.0 Å². The maximum Gasteiger partial charge on any atom is 0.236 e. The molecule has 0 spiro atoms. The van der Waals surface area contributed by atoms with Crippen LogP contribution in [0.5, 0.6) is 0 Å². The van der Waals surface area contributed by atoms with Crippen molar-refractivity contribution in [1.82, 2.24) is 16.0 Å². The fourth-order valence-corrected chi connectivity index (χ4v) is 1.41. The molecule has 0 saturated carbocycles. The molecule has 2 atom stereocenters. The van der Waals surface area contributed by atoms with Crippen LogP contribution in [0.15, 0.2) is 0 Å². The van der Waals surface area contributed by atoms with Gasteiger partial charge in [-0.15, -0.1) is 0 Å². The lowest BCUT2D eigenvalue weighted by Crippen LogP contribution is -2.48. The van der Waals surface area contributed by atoms with Crippen LogP contribution in [-0.2, 0) is 14.3 Å². The lowest BCUT2D eigenvalue weighted by molar-refractivity contribution is -0.123. The lowest BCUT2D eigenvalue weighted by atomic mass is 10.2. The van der Waals surface area contributed by atoms with Crippen molar-refractivity contribution < 1.29 is 14.3 Å². The smallest absolute Gasteiger partial charge is 0.236 e. The van der Waals surface area contributed by atoms with E-state index in [1.807, 2.05) is 20.8 Å². The van der Waals surface area contributed by atoms with Crippen LogP contribution in [0, 0.1) is 5.92 Å². The molecule has 6 nitrogen and oxygen atoms in total. The van der Waals surface area contributed by atoms with Crippen molar-refractivity contribution in [2.75, 3.05) is 26.8 Å². The molecule has 0 aromatic rings. The second-order valence-electron chi connectivity index (χ2n) is 5.17. The molecule has 0 aliphatic rings. The van der Waals surface area contributed by atoms with Crippen LogP contribution >= 0.6 is 0 Å². The molecule has 0 bridgehead atoms. The van der Waals surface area contributed by atoms with E-state index in [-0.39, 0.29) is 30.4 Å². The summed E-state index contributed by atoms with van der Waals surface area (Å²) in [5, 5.41) is 8.47. The van der Waals surface area contributed by atoms with E-state index in [2.05, 4.69) is 16.0 Å². The van der Waals surface area contributed by atoms with Gasteiger partial charge in [0.15, 0.2) is 0 Å². The van der Waals surface area contributed by atoms with Gasteiger partial charge in [0.25, 0.3) is 0 Å². The molecule has 112 valence electrons. The maximum atomic E-state index is 11.7. The second-order valence-corrected chi connectivity index (χ2v) is 5.17. The van der Waals surface area contributed by atoms with E-state index in [0.29, 0.717) is 19.1 Å². The number of ether oxygens (including phenoxy) is 1. The third-order valence-corrected chi connectivity index (χ3v) is 2.47. The Morgan fingerprint density at radius 3 is 2.32 bits per heavy atom. The maximum absolute atomic E-state index is 11.7. The Morgan fingerprint density at radius 2 is 1.79 bits per heavy atom. The van der Waals surface area contributed by atoms with E-state index in [4.69, 9.17) is 4.74 Å². The molecular weight excluding hydrogens is 246 g/mol. The van der Waals surface area contributed by atoms with Gasteiger partial charge in [-0.3, -0.25) is 14.9 Å². The highest BCUT2D eigenvalue weighted by Crippen LogP contribution is 1.89. The molecule has 0 heterocycles. The van der Waals surface area contributed by atoms with Crippen molar-refractivity contribution in [1.29, 1.82) is 0 Å². The van der Waals surface area contributed by atoms with Gasteiger partial charge in [0.05, 0.1) is 19.2 Å². The monoisotopic (exact) mass is 273 g/mol. The topological polar surface area (TPSA) is 79.5 Å². The average Bonchev–Trinajstić information content (AvgIpc) is 2.33. The predicted octanol–water partition coefficient (Wildman–Crippen LogP) is -0.112. The van der Waals surface area contributed by atoms with Crippen molar-refractivity contribution in [2.24, 2.45) is 5.92 Å². The fraction of sp³-hybridized carbons (Fsp3) is 0.846. The first kappa shape index (κ1) is 17.9. The summed E-state index contributed by atoms with van der Waals surface area (Å²) in [6.45, 7) is 8.89. The van der Waals surface area contributed by atoms with Crippen LogP contribution in [0.2, 0.25) is 0 Å². The molecule has 0 aromatic carbocycles. The summed E-state index contributed by atoms with van der Waals surface area (Å²) in [7, 11) is 1.59. The highest BCUT2D eigenvalue weighted by Gasteiger charge is 2.14. The van der Waals surface area contributed by atoms with Gasteiger partial charge in [-0.1, -0.05) is 13.8 Å². The number of nitrogens with one attached hydrogen (secondary N) is 3. The third-order valence-electron chi connectivity index (χ3n) is 2.47. The summed E-state index contributed by atoms with van der Waals surface area (Å²) < 4.78 is 4.92. The van der Waals surface area contributed by atoms with E-state index in [1.54, 1.807) is 14.0 Å².